The van der Waals surface area contributed by atoms with E-state index in [9.17, 15) is 9.50 Å². The molecule has 10 nitrogen and oxygen atoms in total. The summed E-state index contributed by atoms with van der Waals surface area (Å²) < 4.78 is 19.6. The average Bonchev–Trinajstić information content (AvgIpc) is 2.85. The summed E-state index contributed by atoms with van der Waals surface area (Å²) in [5.41, 5.74) is 18.2. The predicted molar refractivity (Wildman–Crippen MR) is 129 cm³/mol. The number of hydroxylamine groups is 1. The number of nitrogen functional groups attached to an aromatic ring is 1. The Morgan fingerprint density at radius 1 is 1.23 bits per heavy atom. The van der Waals surface area contributed by atoms with Crippen LogP contribution in [0.1, 0.15) is 35.0 Å². The second-order valence-electron chi connectivity index (χ2n) is 8.11. The third-order valence-corrected chi connectivity index (χ3v) is 5.67. The maximum absolute atomic E-state index is 14.3. The number of rotatable bonds is 8. The molecule has 0 radical (unpaired) electrons. The number of aromatic nitrogens is 3. The number of benzene rings is 1. The number of pyridine rings is 1. The number of halogens is 1. The molecule has 2 atom stereocenters. The number of aliphatic hydroxyl groups is 1. The minimum absolute atomic E-state index is 0.146. The summed E-state index contributed by atoms with van der Waals surface area (Å²) in [6.07, 6.45) is 0.114. The van der Waals surface area contributed by atoms with Gasteiger partial charge in [-0.2, -0.15) is 0 Å². The van der Waals surface area contributed by atoms with Crippen LogP contribution in [0.15, 0.2) is 41.4 Å². The van der Waals surface area contributed by atoms with Crippen molar-refractivity contribution in [3.63, 3.8) is 0 Å². The van der Waals surface area contributed by atoms with E-state index in [1.807, 2.05) is 6.92 Å². The lowest BCUT2D eigenvalue weighted by molar-refractivity contribution is 0.0521. The molecule has 3 aromatic rings. The van der Waals surface area contributed by atoms with E-state index in [2.05, 4.69) is 20.4 Å². The van der Waals surface area contributed by atoms with Crippen molar-refractivity contribution < 1.29 is 19.1 Å². The molecule has 4 rings (SSSR count). The van der Waals surface area contributed by atoms with Gasteiger partial charge in [0.15, 0.2) is 5.84 Å². The van der Waals surface area contributed by atoms with Crippen LogP contribution in [0.4, 0.5) is 10.3 Å². The van der Waals surface area contributed by atoms with Crippen LogP contribution in [0.5, 0.6) is 5.88 Å². The summed E-state index contributed by atoms with van der Waals surface area (Å²) in [4.78, 5) is 23.6. The molecule has 0 spiro atoms. The van der Waals surface area contributed by atoms with Crippen LogP contribution < -0.4 is 21.7 Å². The third kappa shape index (κ3) is 5.53. The number of nitrogens with zero attached hydrogens (tertiary/aromatic N) is 4. The van der Waals surface area contributed by atoms with Gasteiger partial charge in [0.05, 0.1) is 48.5 Å². The molecular weight excluding hydrogens is 453 g/mol. The summed E-state index contributed by atoms with van der Waals surface area (Å²) in [6, 6.07) is 9.39. The van der Waals surface area contributed by atoms with Gasteiger partial charge in [-0.05, 0) is 30.7 Å². The smallest absolute Gasteiger partial charge is 0.220 e. The number of nitrogens with two attached hydrogens (primary N) is 2. The SMILES string of the molecule is COc1cccc(-c2cc(F)ccc2[C@H]2Cc3nc(N)nc(C)c3C(NOCCC(O)CN)=N2)n1. The quantitative estimate of drug-likeness (QED) is 0.279. The highest BCUT2D eigenvalue weighted by Gasteiger charge is 2.28. The molecule has 0 fully saturated rings. The number of aryl methyl sites for hydroxylation is 1. The van der Waals surface area contributed by atoms with Gasteiger partial charge >= 0.3 is 0 Å². The van der Waals surface area contributed by atoms with Gasteiger partial charge in [0, 0.05) is 31.0 Å². The van der Waals surface area contributed by atoms with E-state index in [1.54, 1.807) is 24.3 Å². The lowest BCUT2D eigenvalue weighted by Gasteiger charge is -2.26. The van der Waals surface area contributed by atoms with Gasteiger partial charge in [0.1, 0.15) is 5.82 Å². The van der Waals surface area contributed by atoms with Gasteiger partial charge in [-0.15, -0.1) is 0 Å². The molecule has 184 valence electrons. The van der Waals surface area contributed by atoms with E-state index in [1.165, 1.54) is 19.2 Å². The zero-order valence-corrected chi connectivity index (χ0v) is 19.5. The van der Waals surface area contributed by atoms with Gasteiger partial charge in [-0.1, -0.05) is 12.1 Å². The number of aliphatic hydroxyl groups excluding tert-OH is 1. The van der Waals surface area contributed by atoms with E-state index in [4.69, 9.17) is 26.0 Å². The second-order valence-corrected chi connectivity index (χ2v) is 8.11. The Balaban J connectivity index is 1.73. The monoisotopic (exact) mass is 481 g/mol. The zero-order valence-electron chi connectivity index (χ0n) is 19.5. The van der Waals surface area contributed by atoms with Crippen molar-refractivity contribution >= 4 is 11.8 Å². The van der Waals surface area contributed by atoms with E-state index in [-0.39, 0.29) is 19.1 Å². The molecule has 0 saturated carbocycles. The molecular formula is C24H28FN7O3. The van der Waals surface area contributed by atoms with Crippen LogP contribution >= 0.6 is 0 Å². The first-order valence-electron chi connectivity index (χ1n) is 11.2. The van der Waals surface area contributed by atoms with E-state index in [0.717, 1.165) is 5.56 Å². The molecule has 3 heterocycles. The number of aliphatic imine (C=N–C) groups is 1. The van der Waals surface area contributed by atoms with Crippen molar-refractivity contribution in [3.05, 3.63) is 64.7 Å². The van der Waals surface area contributed by atoms with E-state index >= 15 is 0 Å². The van der Waals surface area contributed by atoms with Gasteiger partial charge in [0.2, 0.25) is 11.8 Å². The van der Waals surface area contributed by atoms with Gasteiger partial charge in [0.25, 0.3) is 0 Å². The Morgan fingerprint density at radius 3 is 2.83 bits per heavy atom. The number of ether oxygens (including phenoxy) is 1. The molecule has 0 bridgehead atoms. The molecule has 1 unspecified atom stereocenters. The fourth-order valence-corrected chi connectivity index (χ4v) is 3.97. The molecule has 0 amide bonds. The minimum Gasteiger partial charge on any atom is -0.481 e. The summed E-state index contributed by atoms with van der Waals surface area (Å²) in [7, 11) is 1.53. The normalized spacial score (nSPS) is 15.8. The highest BCUT2D eigenvalue weighted by Crippen LogP contribution is 2.36. The summed E-state index contributed by atoms with van der Waals surface area (Å²) in [5, 5.41) is 9.67. The summed E-state index contributed by atoms with van der Waals surface area (Å²) >= 11 is 0. The standard InChI is InChI=1S/C24H28FN7O3/c1-13-22-20(31-24(27)28-13)11-19(30-23(22)32-35-9-8-15(33)12-26)16-7-6-14(25)10-17(16)18-4-3-5-21(29-18)34-2/h3-7,10,15,19,33H,8-9,11-12,26H2,1-2H3,(H,30,32)(H2,27,28,31)/t15?,19-/m1/s1. The maximum atomic E-state index is 14.3. The lowest BCUT2D eigenvalue weighted by atomic mass is 9.91. The average molecular weight is 482 g/mol. The topological polar surface area (TPSA) is 154 Å². The first-order valence-corrected chi connectivity index (χ1v) is 11.2. The maximum Gasteiger partial charge on any atom is 0.220 e. The Morgan fingerprint density at radius 2 is 2.06 bits per heavy atom. The highest BCUT2D eigenvalue weighted by atomic mass is 19.1. The lowest BCUT2D eigenvalue weighted by Crippen LogP contribution is -2.33. The van der Waals surface area contributed by atoms with Crippen molar-refractivity contribution in [2.45, 2.75) is 31.9 Å². The van der Waals surface area contributed by atoms with Crippen molar-refractivity contribution in [3.8, 4) is 17.1 Å². The van der Waals surface area contributed by atoms with Crippen LogP contribution in [0.25, 0.3) is 11.3 Å². The van der Waals surface area contributed by atoms with Crippen molar-refractivity contribution in [2.75, 3.05) is 26.0 Å². The number of amidine groups is 1. The fourth-order valence-electron chi connectivity index (χ4n) is 3.97. The number of fused-ring (bicyclic) bond motifs is 1. The first kappa shape index (κ1) is 24.5. The Labute approximate surface area is 202 Å². The number of hydrogen-bond acceptors (Lipinski definition) is 10. The number of hydrogen-bond donors (Lipinski definition) is 4. The minimum atomic E-state index is -0.660. The molecule has 11 heteroatoms. The number of anilines is 1. The van der Waals surface area contributed by atoms with E-state index in [0.29, 0.717) is 52.8 Å². The molecule has 1 aromatic carbocycles. The Hall–Kier alpha value is -3.67. The number of nitrogens with one attached hydrogen (secondary N) is 1. The van der Waals surface area contributed by atoms with E-state index < -0.39 is 18.0 Å². The van der Waals surface area contributed by atoms with Gasteiger partial charge in [-0.25, -0.2) is 24.8 Å². The molecule has 1 aliphatic rings. The van der Waals surface area contributed by atoms with Crippen molar-refractivity contribution in [1.82, 2.24) is 20.4 Å². The highest BCUT2D eigenvalue weighted by molar-refractivity contribution is 6.01. The zero-order chi connectivity index (χ0) is 24.9. The van der Waals surface area contributed by atoms with Crippen LogP contribution in [0.3, 0.4) is 0 Å². The molecule has 1 aliphatic heterocycles. The Kier molecular flexibility index (Phi) is 7.49. The molecule has 35 heavy (non-hydrogen) atoms. The first-order chi connectivity index (χ1) is 16.9. The third-order valence-electron chi connectivity index (χ3n) is 5.67. The fraction of sp³-hybridized carbons (Fsp3) is 0.333. The molecule has 6 N–H and O–H groups in total. The Bertz CT molecular complexity index is 1240. The number of methoxy groups -OCH3 is 1. The van der Waals surface area contributed by atoms with Crippen molar-refractivity contribution in [2.24, 2.45) is 10.7 Å². The molecule has 0 aliphatic carbocycles. The van der Waals surface area contributed by atoms with Crippen molar-refractivity contribution in [1.29, 1.82) is 0 Å². The van der Waals surface area contributed by atoms with Crippen LogP contribution in [0, 0.1) is 12.7 Å². The van der Waals surface area contributed by atoms with Gasteiger partial charge < -0.3 is 21.3 Å². The van der Waals surface area contributed by atoms with Crippen LogP contribution in [-0.4, -0.2) is 52.3 Å². The van der Waals surface area contributed by atoms with Crippen LogP contribution in [0.2, 0.25) is 0 Å². The van der Waals surface area contributed by atoms with Crippen LogP contribution in [-0.2, 0) is 11.3 Å². The largest absolute Gasteiger partial charge is 0.481 e. The van der Waals surface area contributed by atoms with Gasteiger partial charge in [-0.3, -0.25) is 9.83 Å². The molecule has 0 saturated heterocycles. The summed E-state index contributed by atoms with van der Waals surface area (Å²) in [6.45, 7) is 2.17. The predicted octanol–water partition coefficient (Wildman–Crippen LogP) is 1.85. The summed E-state index contributed by atoms with van der Waals surface area (Å²) in [5.74, 6) is 0.602. The molecule has 2 aromatic heterocycles. The second kappa shape index (κ2) is 10.7.